The number of fused-ring (bicyclic) bond motifs is 4. The van der Waals surface area contributed by atoms with Crippen LogP contribution in [0.25, 0.3) is 58.4 Å². The third-order valence-electron chi connectivity index (χ3n) is 12.6. The van der Waals surface area contributed by atoms with E-state index in [1.807, 2.05) is 18.3 Å². The Bertz CT molecular complexity index is 2900. The summed E-state index contributed by atoms with van der Waals surface area (Å²) < 4.78 is 0. The maximum Gasteiger partial charge on any atom is 0.0386 e. The number of rotatable bonds is 17. The van der Waals surface area contributed by atoms with Crippen LogP contribution in [0.1, 0.15) is 112 Å². The van der Waals surface area contributed by atoms with Crippen molar-refractivity contribution in [2.45, 2.75) is 72.6 Å². The van der Waals surface area contributed by atoms with Gasteiger partial charge in [-0.05, 0) is 145 Å². The van der Waals surface area contributed by atoms with E-state index in [4.69, 9.17) is 5.73 Å². The van der Waals surface area contributed by atoms with Crippen molar-refractivity contribution in [1.82, 2.24) is 0 Å². The smallest absolute Gasteiger partial charge is 0.0386 e. The Morgan fingerprint density at radius 3 is 1.75 bits per heavy atom. The third kappa shape index (κ3) is 11.3. The average Bonchev–Trinajstić information content (AvgIpc) is 3.56. The number of nitrogens with one attached hydrogen (secondary N) is 1. The number of allylic oxidation sites excluding steroid dienone is 10. The first kappa shape index (κ1) is 45.9. The molecule has 0 fully saturated rings. The van der Waals surface area contributed by atoms with Crippen molar-refractivity contribution in [3.05, 3.63) is 243 Å². The van der Waals surface area contributed by atoms with Gasteiger partial charge in [0, 0.05) is 17.3 Å². The van der Waals surface area contributed by atoms with Crippen LogP contribution in [0.2, 0.25) is 0 Å². The molecule has 0 aromatic heterocycles. The van der Waals surface area contributed by atoms with Crippen LogP contribution in [0.5, 0.6) is 0 Å². The van der Waals surface area contributed by atoms with E-state index in [-0.39, 0.29) is 5.41 Å². The quantitative estimate of drug-likeness (QED) is 0.0709. The van der Waals surface area contributed by atoms with Crippen molar-refractivity contribution in [1.29, 1.82) is 0 Å². The van der Waals surface area contributed by atoms with Gasteiger partial charge in [0.1, 0.15) is 0 Å². The lowest BCUT2D eigenvalue weighted by molar-refractivity contribution is 0.660. The molecule has 1 aliphatic rings. The molecule has 2 heteroatoms. The zero-order valence-electron chi connectivity index (χ0n) is 39.1. The molecule has 0 amide bonds. The monoisotopic (exact) mass is 849 g/mol. The second-order valence-corrected chi connectivity index (χ2v) is 17.2. The van der Waals surface area contributed by atoms with Crippen LogP contribution in [0.3, 0.4) is 0 Å². The maximum atomic E-state index is 5.66. The van der Waals surface area contributed by atoms with Gasteiger partial charge in [0.05, 0.1) is 0 Å². The van der Waals surface area contributed by atoms with Crippen LogP contribution < -0.4 is 11.1 Å². The molecule has 0 unspecified atom stereocenters. The highest BCUT2D eigenvalue weighted by molar-refractivity contribution is 5.86. The number of anilines is 1. The van der Waals surface area contributed by atoms with Gasteiger partial charge in [0.25, 0.3) is 0 Å². The molecule has 0 heterocycles. The number of benzene rings is 6. The Labute approximate surface area is 389 Å². The summed E-state index contributed by atoms with van der Waals surface area (Å²) in [6.07, 6.45) is 33.9. The number of hydrogen-bond acceptors (Lipinski definition) is 2. The molecule has 3 N–H and O–H groups in total. The molecule has 0 saturated heterocycles. The molecule has 0 saturated carbocycles. The van der Waals surface area contributed by atoms with Gasteiger partial charge in [-0.1, -0.05) is 218 Å². The minimum Gasteiger partial charge on any atom is -0.405 e. The lowest BCUT2D eigenvalue weighted by Gasteiger charge is -2.22. The molecule has 6 aromatic rings. The molecule has 1 aliphatic carbocycles. The van der Waals surface area contributed by atoms with E-state index in [1.165, 1.54) is 77.6 Å². The van der Waals surface area contributed by atoms with E-state index >= 15 is 0 Å². The van der Waals surface area contributed by atoms with Crippen LogP contribution in [0, 0.1) is 0 Å². The lowest BCUT2D eigenvalue weighted by atomic mass is 9.81. The van der Waals surface area contributed by atoms with E-state index in [1.54, 1.807) is 6.20 Å². The van der Waals surface area contributed by atoms with Crippen LogP contribution in [-0.4, -0.2) is 0 Å². The summed E-state index contributed by atoms with van der Waals surface area (Å²) in [6.45, 7) is 13.7. The Hall–Kier alpha value is -7.16. The van der Waals surface area contributed by atoms with Crippen molar-refractivity contribution in [3.8, 4) is 11.1 Å². The molecule has 7 rings (SSSR count). The first-order chi connectivity index (χ1) is 31.7. The largest absolute Gasteiger partial charge is 0.405 e. The molecule has 0 spiro atoms. The maximum absolute atomic E-state index is 5.66. The van der Waals surface area contributed by atoms with Crippen LogP contribution in [0.15, 0.2) is 199 Å². The van der Waals surface area contributed by atoms with Crippen molar-refractivity contribution in [2.75, 3.05) is 5.32 Å². The summed E-state index contributed by atoms with van der Waals surface area (Å²) in [4.78, 5) is 0. The number of hydrogen-bond donors (Lipinski definition) is 2. The SMILES string of the molecule is CCC(=C/C=C/Nc1ccc2ccccc2c1)/C(=C\c1ccc(/C=C/c2ccc3c(c2)C(C)(C)c2cc(\C=C/C(CC)=C(\C=C\C=C/c4ccccc4/C=C/N)CC)ccc2-3)cc1)CC. The van der Waals surface area contributed by atoms with Gasteiger partial charge in [-0.15, -0.1) is 0 Å². The molecule has 0 aliphatic heterocycles. The number of nitrogens with two attached hydrogens (primary N) is 1. The minimum atomic E-state index is -0.107. The van der Waals surface area contributed by atoms with E-state index in [0.29, 0.717) is 0 Å². The molecular formula is C63H64N2. The van der Waals surface area contributed by atoms with Gasteiger partial charge in [-0.3, -0.25) is 0 Å². The molecule has 0 radical (unpaired) electrons. The Morgan fingerprint density at radius 1 is 0.508 bits per heavy atom. The van der Waals surface area contributed by atoms with Crippen molar-refractivity contribution < 1.29 is 0 Å². The Balaban J connectivity index is 1.00. The highest BCUT2D eigenvalue weighted by atomic mass is 14.8. The minimum absolute atomic E-state index is 0.107. The zero-order valence-corrected chi connectivity index (χ0v) is 39.1. The fraction of sp³-hybridized carbons (Fsp3) is 0.175. The summed E-state index contributed by atoms with van der Waals surface area (Å²) in [5.74, 6) is 0. The fourth-order valence-electron chi connectivity index (χ4n) is 8.89. The summed E-state index contributed by atoms with van der Waals surface area (Å²) in [5.41, 5.74) is 24.6. The van der Waals surface area contributed by atoms with Crippen LogP contribution in [0.4, 0.5) is 5.69 Å². The van der Waals surface area contributed by atoms with Gasteiger partial charge in [-0.2, -0.15) is 0 Å². The zero-order chi connectivity index (χ0) is 45.6. The van der Waals surface area contributed by atoms with Gasteiger partial charge >= 0.3 is 0 Å². The fourth-order valence-corrected chi connectivity index (χ4v) is 8.89. The molecular weight excluding hydrogens is 785 g/mol. The van der Waals surface area contributed by atoms with E-state index in [9.17, 15) is 0 Å². The molecule has 0 bridgehead atoms. The summed E-state index contributed by atoms with van der Waals surface area (Å²) in [7, 11) is 0. The summed E-state index contributed by atoms with van der Waals surface area (Å²) in [6, 6.07) is 46.0. The van der Waals surface area contributed by atoms with Crippen molar-refractivity contribution in [2.24, 2.45) is 5.73 Å². The highest BCUT2D eigenvalue weighted by Crippen LogP contribution is 2.49. The van der Waals surface area contributed by atoms with E-state index < -0.39 is 0 Å². The molecule has 65 heavy (non-hydrogen) atoms. The van der Waals surface area contributed by atoms with Crippen molar-refractivity contribution >= 4 is 52.9 Å². The third-order valence-corrected chi connectivity index (χ3v) is 12.6. The molecule has 0 atom stereocenters. The van der Waals surface area contributed by atoms with Gasteiger partial charge in [0.15, 0.2) is 0 Å². The van der Waals surface area contributed by atoms with E-state index in [0.717, 1.165) is 42.5 Å². The summed E-state index contributed by atoms with van der Waals surface area (Å²) in [5, 5.41) is 5.93. The van der Waals surface area contributed by atoms with Gasteiger partial charge in [0.2, 0.25) is 0 Å². The molecule has 2 nitrogen and oxygen atoms in total. The lowest BCUT2D eigenvalue weighted by Crippen LogP contribution is -2.15. The first-order valence-electron chi connectivity index (χ1n) is 23.4. The predicted molar refractivity (Wildman–Crippen MR) is 287 cm³/mol. The van der Waals surface area contributed by atoms with Gasteiger partial charge < -0.3 is 11.1 Å². The standard InChI is InChI=1S/C63H64N2/c1-7-50(18-11-12-19-54-20-13-14-22-56(54)39-40-64)52(9-3)34-31-49-33-38-60-59-37-32-48(43-61(59)63(5,6)62(60)44-49)30-27-46-25-28-47(29-26-46)42-53(10-4)51(8-2)24-17-41-65-58-36-35-55-21-15-16-23-57(55)45-58/h11-45,65H,7-10,64H2,1-6H3/b18-11+,19-12-,30-27+,34-31-,40-39+,41-17+,51-24-,52-50-,53-42-. The first-order valence-corrected chi connectivity index (χ1v) is 23.4. The van der Waals surface area contributed by atoms with Gasteiger partial charge in [-0.25, -0.2) is 0 Å². The molecule has 326 valence electrons. The van der Waals surface area contributed by atoms with Crippen LogP contribution >= 0.6 is 0 Å². The Kier molecular flexibility index (Phi) is 15.5. The normalized spacial score (nSPS) is 14.5. The molecule has 6 aromatic carbocycles. The second-order valence-electron chi connectivity index (χ2n) is 17.2. The average molecular weight is 849 g/mol. The Morgan fingerprint density at radius 2 is 1.09 bits per heavy atom. The van der Waals surface area contributed by atoms with Crippen LogP contribution in [-0.2, 0) is 5.41 Å². The topological polar surface area (TPSA) is 38.0 Å². The second kappa shape index (κ2) is 22.0. The van der Waals surface area contributed by atoms with E-state index in [2.05, 4.69) is 235 Å². The highest BCUT2D eigenvalue weighted by Gasteiger charge is 2.35. The van der Waals surface area contributed by atoms with Crippen molar-refractivity contribution in [3.63, 3.8) is 0 Å². The predicted octanol–water partition coefficient (Wildman–Crippen LogP) is 17.4. The summed E-state index contributed by atoms with van der Waals surface area (Å²) >= 11 is 0.